The fourth-order valence-electron chi connectivity index (χ4n) is 1.25. The Morgan fingerprint density at radius 3 is 2.79 bits per heavy atom. The van der Waals surface area contributed by atoms with Gasteiger partial charge < -0.3 is 0 Å². The van der Waals surface area contributed by atoms with Gasteiger partial charge in [-0.05, 0) is 12.1 Å². The van der Waals surface area contributed by atoms with Gasteiger partial charge in [-0.3, -0.25) is 4.79 Å². The van der Waals surface area contributed by atoms with Crippen LogP contribution >= 0.6 is 11.6 Å². The summed E-state index contributed by atoms with van der Waals surface area (Å²) in [5.74, 6) is -1.14. The molecule has 0 saturated carbocycles. The number of pyridine rings is 1. The van der Waals surface area contributed by atoms with Crippen LogP contribution in [0.5, 0.6) is 0 Å². The van der Waals surface area contributed by atoms with Crippen molar-refractivity contribution >= 4 is 22.5 Å². The van der Waals surface area contributed by atoms with Gasteiger partial charge in [-0.2, -0.15) is 0 Å². The highest BCUT2D eigenvalue weighted by molar-refractivity contribution is 6.35. The van der Waals surface area contributed by atoms with Crippen molar-refractivity contribution < 1.29 is 8.87 Å². The zero-order chi connectivity index (χ0) is 10.3. The second-order valence-electron chi connectivity index (χ2n) is 2.76. The molecular formula is C9H4ClF2NO. The van der Waals surface area contributed by atoms with E-state index < -0.39 is 11.4 Å². The van der Waals surface area contributed by atoms with Gasteiger partial charge in [-0.25, -0.2) is 4.39 Å². The van der Waals surface area contributed by atoms with Crippen molar-refractivity contribution in [2.75, 3.05) is 0 Å². The zero-order valence-electron chi connectivity index (χ0n) is 6.80. The third kappa shape index (κ3) is 1.19. The van der Waals surface area contributed by atoms with E-state index in [0.717, 1.165) is 6.07 Å². The van der Waals surface area contributed by atoms with Gasteiger partial charge in [-0.15, -0.1) is 4.79 Å². The van der Waals surface area contributed by atoms with E-state index in [1.54, 1.807) is 6.07 Å². The highest BCUT2D eigenvalue weighted by Gasteiger charge is 2.10. The highest BCUT2D eigenvalue weighted by Crippen LogP contribution is 2.22. The first-order chi connectivity index (χ1) is 6.61. The van der Waals surface area contributed by atoms with Crippen molar-refractivity contribution in [3.8, 4) is 0 Å². The summed E-state index contributed by atoms with van der Waals surface area (Å²) >= 11 is 5.66. The predicted octanol–water partition coefficient (Wildman–Crippen LogP) is 2.53. The van der Waals surface area contributed by atoms with E-state index in [-0.39, 0.29) is 20.7 Å². The molecule has 14 heavy (non-hydrogen) atoms. The molecule has 0 aliphatic rings. The van der Waals surface area contributed by atoms with Gasteiger partial charge in [-0.1, -0.05) is 28.2 Å². The highest BCUT2D eigenvalue weighted by atomic mass is 35.5. The Morgan fingerprint density at radius 2 is 2.07 bits per heavy atom. The Labute approximate surface area is 82.3 Å². The molecule has 0 unspecified atom stereocenters. The lowest BCUT2D eigenvalue weighted by Crippen LogP contribution is -2.17. The van der Waals surface area contributed by atoms with Crippen LogP contribution in [0.2, 0.25) is 5.02 Å². The van der Waals surface area contributed by atoms with Gasteiger partial charge in [0, 0.05) is 5.39 Å². The maximum atomic E-state index is 13.2. The standard InChI is InChI=1S/C9H4ClF2NO/c10-6-3-1-2-5-4-7(11)9(14)13(12)8(5)6/h1-4H. The number of benzene rings is 1. The lowest BCUT2D eigenvalue weighted by molar-refractivity contribution is 0.358. The quantitative estimate of drug-likeness (QED) is 0.662. The summed E-state index contributed by atoms with van der Waals surface area (Å²) in [4.78, 5) is 10.6. The number of rotatable bonds is 0. The Morgan fingerprint density at radius 1 is 1.36 bits per heavy atom. The molecule has 72 valence electrons. The molecular weight excluding hydrogens is 212 g/mol. The fraction of sp³-hybridized carbons (Fsp3) is 0. The first kappa shape index (κ1) is 9.15. The molecule has 0 atom stereocenters. The minimum atomic E-state index is -1.33. The summed E-state index contributed by atoms with van der Waals surface area (Å²) in [6.45, 7) is 0. The van der Waals surface area contributed by atoms with Crippen LogP contribution in [0.1, 0.15) is 0 Å². The summed E-state index contributed by atoms with van der Waals surface area (Å²) in [6.07, 6.45) is 0. The summed E-state index contributed by atoms with van der Waals surface area (Å²) in [6, 6.07) is 5.41. The zero-order valence-corrected chi connectivity index (χ0v) is 7.55. The molecule has 1 aromatic heterocycles. The smallest absolute Gasteiger partial charge is 0.263 e. The van der Waals surface area contributed by atoms with Gasteiger partial charge in [0.05, 0.1) is 5.02 Å². The maximum Gasteiger partial charge on any atom is 0.315 e. The Balaban J connectivity index is 3.07. The normalized spacial score (nSPS) is 10.8. The van der Waals surface area contributed by atoms with Crippen LogP contribution in [0.15, 0.2) is 29.1 Å². The van der Waals surface area contributed by atoms with E-state index in [1.165, 1.54) is 12.1 Å². The number of nitrogens with zero attached hydrogens (tertiary/aromatic N) is 1. The second kappa shape index (κ2) is 3.06. The molecule has 1 aromatic carbocycles. The molecule has 2 rings (SSSR count). The maximum absolute atomic E-state index is 13.2. The average molecular weight is 216 g/mol. The van der Waals surface area contributed by atoms with Gasteiger partial charge in [0.25, 0.3) is 0 Å². The van der Waals surface area contributed by atoms with E-state index in [4.69, 9.17) is 11.6 Å². The van der Waals surface area contributed by atoms with Crippen molar-refractivity contribution in [2.45, 2.75) is 0 Å². The fourth-order valence-corrected chi connectivity index (χ4v) is 1.51. The molecule has 0 N–H and O–H groups in total. The molecule has 0 bridgehead atoms. The summed E-state index contributed by atoms with van der Waals surface area (Å²) < 4.78 is 26.0. The molecule has 0 amide bonds. The first-order valence-electron chi connectivity index (χ1n) is 3.77. The molecule has 0 aliphatic carbocycles. The summed E-state index contributed by atoms with van der Waals surface area (Å²) in [5, 5.41) is 0.319. The van der Waals surface area contributed by atoms with Crippen LogP contribution in [0.4, 0.5) is 8.87 Å². The predicted molar refractivity (Wildman–Crippen MR) is 49.7 cm³/mol. The van der Waals surface area contributed by atoms with Crippen molar-refractivity contribution in [3.05, 3.63) is 45.5 Å². The second-order valence-corrected chi connectivity index (χ2v) is 3.16. The Kier molecular flexibility index (Phi) is 2.00. The SMILES string of the molecule is O=c1c(F)cc2cccc(Cl)c2n1F. The van der Waals surface area contributed by atoms with E-state index in [2.05, 4.69) is 0 Å². The van der Waals surface area contributed by atoms with Gasteiger partial charge in [0.1, 0.15) is 5.52 Å². The molecule has 0 aliphatic heterocycles. The van der Waals surface area contributed by atoms with Gasteiger partial charge in [0.15, 0.2) is 5.82 Å². The third-order valence-corrected chi connectivity index (χ3v) is 2.18. The van der Waals surface area contributed by atoms with Crippen LogP contribution in [0, 0.1) is 5.82 Å². The van der Waals surface area contributed by atoms with E-state index >= 15 is 0 Å². The molecule has 2 nitrogen and oxygen atoms in total. The summed E-state index contributed by atoms with van der Waals surface area (Å²) in [5.41, 5.74) is -1.44. The first-order valence-corrected chi connectivity index (χ1v) is 4.15. The van der Waals surface area contributed by atoms with Crippen LogP contribution in [-0.2, 0) is 0 Å². The van der Waals surface area contributed by atoms with Crippen LogP contribution in [0.3, 0.4) is 0 Å². The molecule has 2 aromatic rings. The summed E-state index contributed by atoms with van der Waals surface area (Å²) in [7, 11) is 0. The molecule has 0 fully saturated rings. The number of hydrogen-bond donors (Lipinski definition) is 0. The lowest BCUT2D eigenvalue weighted by Gasteiger charge is -2.02. The van der Waals surface area contributed by atoms with Crippen LogP contribution in [-0.4, -0.2) is 4.79 Å². The number of halogens is 3. The Bertz CT molecular complexity index is 564. The monoisotopic (exact) mass is 215 g/mol. The molecule has 5 heteroatoms. The number of hydrogen-bond acceptors (Lipinski definition) is 1. The minimum absolute atomic E-state index is 0.0714. The average Bonchev–Trinajstić information content (AvgIpc) is 2.14. The lowest BCUT2D eigenvalue weighted by atomic mass is 10.2. The third-order valence-electron chi connectivity index (χ3n) is 1.88. The van der Waals surface area contributed by atoms with E-state index in [9.17, 15) is 13.7 Å². The molecule has 0 saturated heterocycles. The van der Waals surface area contributed by atoms with Crippen molar-refractivity contribution in [1.29, 1.82) is 0 Å². The van der Waals surface area contributed by atoms with E-state index in [0.29, 0.717) is 0 Å². The van der Waals surface area contributed by atoms with Gasteiger partial charge >= 0.3 is 5.56 Å². The molecule has 0 spiro atoms. The molecule has 1 heterocycles. The molecule has 0 radical (unpaired) electrons. The van der Waals surface area contributed by atoms with Crippen molar-refractivity contribution in [2.24, 2.45) is 0 Å². The largest absolute Gasteiger partial charge is 0.315 e. The number of aromatic nitrogens is 1. The van der Waals surface area contributed by atoms with Crippen molar-refractivity contribution in [1.82, 2.24) is 4.79 Å². The number of para-hydroxylation sites is 1. The van der Waals surface area contributed by atoms with Crippen LogP contribution < -0.4 is 5.56 Å². The topological polar surface area (TPSA) is 22.0 Å². The number of fused-ring (bicyclic) bond motifs is 1. The Hall–Kier alpha value is -1.42. The van der Waals surface area contributed by atoms with Crippen LogP contribution in [0.25, 0.3) is 10.9 Å². The van der Waals surface area contributed by atoms with Gasteiger partial charge in [0.2, 0.25) is 0 Å². The van der Waals surface area contributed by atoms with Crippen molar-refractivity contribution in [3.63, 3.8) is 0 Å². The van der Waals surface area contributed by atoms with E-state index in [1.807, 2.05) is 0 Å². The minimum Gasteiger partial charge on any atom is -0.263 e.